The van der Waals surface area contributed by atoms with Crippen LogP contribution in [0.25, 0.3) is 21.3 Å². The third-order valence-electron chi connectivity index (χ3n) is 3.87. The van der Waals surface area contributed by atoms with E-state index in [-0.39, 0.29) is 0 Å². The molecule has 1 aromatic carbocycles. The summed E-state index contributed by atoms with van der Waals surface area (Å²) in [6.07, 6.45) is 0. The van der Waals surface area contributed by atoms with Gasteiger partial charge < -0.3 is 11.1 Å². The second-order valence-electron chi connectivity index (χ2n) is 5.94. The summed E-state index contributed by atoms with van der Waals surface area (Å²) < 4.78 is 0. The molecule has 0 fully saturated rings. The summed E-state index contributed by atoms with van der Waals surface area (Å²) in [6.45, 7) is 7.62. The second kappa shape index (κ2) is 6.64. The van der Waals surface area contributed by atoms with Crippen LogP contribution in [0.15, 0.2) is 29.6 Å². The van der Waals surface area contributed by atoms with E-state index < -0.39 is 0 Å². The number of aromatic nitrogens is 2. The van der Waals surface area contributed by atoms with Crippen molar-refractivity contribution in [2.24, 2.45) is 5.73 Å². The zero-order chi connectivity index (χ0) is 16.4. The lowest BCUT2D eigenvalue weighted by Gasteiger charge is -2.10. The van der Waals surface area contributed by atoms with E-state index in [0.29, 0.717) is 19.0 Å². The summed E-state index contributed by atoms with van der Waals surface area (Å²) in [6, 6.07) is 8.77. The number of benzene rings is 1. The summed E-state index contributed by atoms with van der Waals surface area (Å²) in [5.41, 5.74) is 9.35. The van der Waals surface area contributed by atoms with Gasteiger partial charge in [0.1, 0.15) is 16.5 Å². The van der Waals surface area contributed by atoms with E-state index in [2.05, 4.69) is 58.8 Å². The van der Waals surface area contributed by atoms with Crippen molar-refractivity contribution in [1.82, 2.24) is 9.97 Å². The zero-order valence-electron chi connectivity index (χ0n) is 13.8. The van der Waals surface area contributed by atoms with Crippen molar-refractivity contribution < 1.29 is 0 Å². The molecule has 23 heavy (non-hydrogen) atoms. The summed E-state index contributed by atoms with van der Waals surface area (Å²) in [5.74, 6) is 2.19. The van der Waals surface area contributed by atoms with Gasteiger partial charge in [-0.3, -0.25) is 0 Å². The third kappa shape index (κ3) is 3.21. The molecule has 0 aliphatic heterocycles. The molecule has 0 spiro atoms. The summed E-state index contributed by atoms with van der Waals surface area (Å²) in [4.78, 5) is 10.2. The lowest BCUT2D eigenvalue weighted by Crippen LogP contribution is -2.14. The van der Waals surface area contributed by atoms with Gasteiger partial charge in [-0.05, 0) is 24.0 Å². The Labute approximate surface area is 140 Å². The first-order chi connectivity index (χ1) is 11.1. The van der Waals surface area contributed by atoms with E-state index in [1.807, 2.05) is 6.92 Å². The molecule has 0 radical (unpaired) electrons. The molecule has 120 valence electrons. The van der Waals surface area contributed by atoms with Crippen molar-refractivity contribution in [3.05, 3.63) is 41.0 Å². The molecule has 3 N–H and O–H groups in total. The molecular formula is C18H22N4S. The predicted molar refractivity (Wildman–Crippen MR) is 99.2 cm³/mol. The van der Waals surface area contributed by atoms with E-state index >= 15 is 0 Å². The number of hydrogen-bond donors (Lipinski definition) is 2. The van der Waals surface area contributed by atoms with Crippen LogP contribution in [-0.4, -0.2) is 23.1 Å². The number of anilines is 1. The number of nitrogens with two attached hydrogens (primary N) is 1. The Bertz CT molecular complexity index is 806. The van der Waals surface area contributed by atoms with Gasteiger partial charge in [-0.25, -0.2) is 9.97 Å². The fourth-order valence-electron chi connectivity index (χ4n) is 2.63. The summed E-state index contributed by atoms with van der Waals surface area (Å²) in [5, 5.41) is 6.59. The number of thiophene rings is 1. The average molecular weight is 326 g/mol. The monoisotopic (exact) mass is 326 g/mol. The van der Waals surface area contributed by atoms with Crippen molar-refractivity contribution in [3.63, 3.8) is 0 Å². The van der Waals surface area contributed by atoms with Gasteiger partial charge in [0.2, 0.25) is 0 Å². The Morgan fingerprint density at radius 2 is 1.91 bits per heavy atom. The first kappa shape index (κ1) is 15.9. The molecule has 0 unspecified atom stereocenters. The number of fused-ring (bicyclic) bond motifs is 1. The molecule has 0 saturated carbocycles. The SMILES string of the molecule is Cc1nc(NCCN)c2c(-c3ccc(C(C)C)cc3)csc2n1. The van der Waals surface area contributed by atoms with Crippen molar-refractivity contribution in [1.29, 1.82) is 0 Å². The van der Waals surface area contributed by atoms with Gasteiger partial charge >= 0.3 is 0 Å². The number of aryl methyl sites for hydroxylation is 1. The molecular weight excluding hydrogens is 304 g/mol. The van der Waals surface area contributed by atoms with E-state index in [9.17, 15) is 0 Å². The molecule has 0 saturated heterocycles. The Morgan fingerprint density at radius 1 is 1.17 bits per heavy atom. The Kier molecular flexibility index (Phi) is 4.59. The van der Waals surface area contributed by atoms with Crippen LogP contribution in [0, 0.1) is 6.92 Å². The average Bonchev–Trinajstić information content (AvgIpc) is 2.96. The van der Waals surface area contributed by atoms with E-state index in [0.717, 1.165) is 21.9 Å². The van der Waals surface area contributed by atoms with Crippen molar-refractivity contribution in [3.8, 4) is 11.1 Å². The van der Waals surface area contributed by atoms with E-state index in [4.69, 9.17) is 5.73 Å². The Morgan fingerprint density at radius 3 is 2.57 bits per heavy atom. The standard InChI is InChI=1S/C18H22N4S/c1-11(2)13-4-6-14(7-5-13)15-10-23-18-16(15)17(20-9-8-19)21-12(3)22-18/h4-7,10-11H,8-9,19H2,1-3H3,(H,20,21,22). The fraction of sp³-hybridized carbons (Fsp3) is 0.333. The molecule has 3 aromatic rings. The minimum Gasteiger partial charge on any atom is -0.368 e. The lowest BCUT2D eigenvalue weighted by molar-refractivity contribution is 0.867. The molecule has 2 aromatic heterocycles. The summed E-state index contributed by atoms with van der Waals surface area (Å²) in [7, 11) is 0. The van der Waals surface area contributed by atoms with Crippen molar-refractivity contribution in [2.75, 3.05) is 18.4 Å². The van der Waals surface area contributed by atoms with E-state index in [1.165, 1.54) is 16.7 Å². The molecule has 5 heteroatoms. The largest absolute Gasteiger partial charge is 0.368 e. The summed E-state index contributed by atoms with van der Waals surface area (Å²) >= 11 is 1.66. The molecule has 0 bridgehead atoms. The van der Waals surface area contributed by atoms with Crippen molar-refractivity contribution in [2.45, 2.75) is 26.7 Å². The highest BCUT2D eigenvalue weighted by atomic mass is 32.1. The van der Waals surface area contributed by atoms with Crippen LogP contribution in [0.5, 0.6) is 0 Å². The first-order valence-electron chi connectivity index (χ1n) is 7.90. The Balaban J connectivity index is 2.10. The molecule has 3 rings (SSSR count). The van der Waals surface area contributed by atoms with Gasteiger partial charge in [0, 0.05) is 24.0 Å². The highest BCUT2D eigenvalue weighted by Gasteiger charge is 2.14. The van der Waals surface area contributed by atoms with Crippen LogP contribution < -0.4 is 11.1 Å². The quantitative estimate of drug-likeness (QED) is 0.739. The van der Waals surface area contributed by atoms with Crippen LogP contribution in [0.3, 0.4) is 0 Å². The van der Waals surface area contributed by atoms with E-state index in [1.54, 1.807) is 11.3 Å². The predicted octanol–water partition coefficient (Wildman–Crippen LogP) is 4.16. The highest BCUT2D eigenvalue weighted by Crippen LogP contribution is 2.37. The number of nitrogens with one attached hydrogen (secondary N) is 1. The van der Waals surface area contributed by atoms with Gasteiger partial charge in [-0.2, -0.15) is 0 Å². The lowest BCUT2D eigenvalue weighted by atomic mass is 9.99. The van der Waals surface area contributed by atoms with Crippen LogP contribution in [0.1, 0.15) is 31.2 Å². The van der Waals surface area contributed by atoms with Gasteiger partial charge in [-0.1, -0.05) is 38.1 Å². The fourth-order valence-corrected chi connectivity index (χ4v) is 3.62. The molecule has 0 aliphatic carbocycles. The maximum atomic E-state index is 5.62. The topological polar surface area (TPSA) is 63.8 Å². The number of rotatable bonds is 5. The van der Waals surface area contributed by atoms with Crippen LogP contribution >= 0.6 is 11.3 Å². The van der Waals surface area contributed by atoms with Crippen LogP contribution in [0.4, 0.5) is 5.82 Å². The molecule has 4 nitrogen and oxygen atoms in total. The van der Waals surface area contributed by atoms with Gasteiger partial charge in [0.05, 0.1) is 5.39 Å². The molecule has 2 heterocycles. The second-order valence-corrected chi connectivity index (χ2v) is 6.80. The van der Waals surface area contributed by atoms with Gasteiger partial charge in [-0.15, -0.1) is 11.3 Å². The molecule has 0 amide bonds. The van der Waals surface area contributed by atoms with Crippen LogP contribution in [-0.2, 0) is 0 Å². The Hall–Kier alpha value is -1.98. The maximum Gasteiger partial charge on any atom is 0.139 e. The van der Waals surface area contributed by atoms with Crippen molar-refractivity contribution >= 4 is 27.4 Å². The van der Waals surface area contributed by atoms with Gasteiger partial charge in [0.15, 0.2) is 0 Å². The van der Waals surface area contributed by atoms with Gasteiger partial charge in [0.25, 0.3) is 0 Å². The third-order valence-corrected chi connectivity index (χ3v) is 4.74. The molecule has 0 aliphatic rings. The molecule has 0 atom stereocenters. The minimum atomic E-state index is 0.538. The van der Waals surface area contributed by atoms with Crippen LogP contribution in [0.2, 0.25) is 0 Å². The number of hydrogen-bond acceptors (Lipinski definition) is 5. The normalized spacial score (nSPS) is 11.3. The highest BCUT2D eigenvalue weighted by molar-refractivity contribution is 7.17. The minimum absolute atomic E-state index is 0.538. The number of nitrogens with zero attached hydrogens (tertiary/aromatic N) is 2. The zero-order valence-corrected chi connectivity index (χ0v) is 14.6. The maximum absolute atomic E-state index is 5.62. The smallest absolute Gasteiger partial charge is 0.139 e. The first-order valence-corrected chi connectivity index (χ1v) is 8.78.